The molecule has 29 heavy (non-hydrogen) atoms. The van der Waals surface area contributed by atoms with Gasteiger partial charge in [0.1, 0.15) is 11.4 Å². The van der Waals surface area contributed by atoms with E-state index in [0.717, 1.165) is 29.7 Å². The molecule has 2 fully saturated rings. The van der Waals surface area contributed by atoms with Crippen LogP contribution in [-0.4, -0.2) is 44.1 Å². The summed E-state index contributed by atoms with van der Waals surface area (Å²) in [6.45, 7) is 2.94. The highest BCUT2D eigenvalue weighted by Crippen LogP contribution is 2.23. The second-order valence-electron chi connectivity index (χ2n) is 6.63. The van der Waals surface area contributed by atoms with Crippen molar-refractivity contribution in [2.24, 2.45) is 0 Å². The number of barbiturate groups is 1. The van der Waals surface area contributed by atoms with Crippen molar-refractivity contribution in [1.82, 2.24) is 5.32 Å². The highest BCUT2D eigenvalue weighted by Gasteiger charge is 2.36. The smallest absolute Gasteiger partial charge is 0.335 e. The van der Waals surface area contributed by atoms with Crippen LogP contribution in [0.3, 0.4) is 0 Å². The molecule has 1 N–H and O–H groups in total. The largest absolute Gasteiger partial charge is 0.378 e. The number of nitrogens with one attached hydrogen (secondary N) is 1. The maximum atomic E-state index is 13.5. The van der Waals surface area contributed by atoms with E-state index in [0.29, 0.717) is 18.8 Å². The van der Waals surface area contributed by atoms with Gasteiger partial charge in [0.25, 0.3) is 11.8 Å². The summed E-state index contributed by atoms with van der Waals surface area (Å²) in [7, 11) is 0. The second kappa shape index (κ2) is 7.84. The number of halogens is 1. The molecule has 4 rings (SSSR count). The zero-order chi connectivity index (χ0) is 20.4. The van der Waals surface area contributed by atoms with Crippen LogP contribution in [0.25, 0.3) is 6.08 Å². The Hall–Kier alpha value is -3.52. The van der Waals surface area contributed by atoms with Crippen LogP contribution in [0.15, 0.2) is 54.1 Å². The van der Waals surface area contributed by atoms with E-state index in [1.807, 2.05) is 12.1 Å². The summed E-state index contributed by atoms with van der Waals surface area (Å²) in [6.07, 6.45) is 1.42. The number of carbonyl (C=O) groups excluding carboxylic acids is 3. The van der Waals surface area contributed by atoms with Crippen molar-refractivity contribution in [3.63, 3.8) is 0 Å². The van der Waals surface area contributed by atoms with E-state index in [2.05, 4.69) is 10.2 Å². The van der Waals surface area contributed by atoms with Crippen LogP contribution in [0.2, 0.25) is 0 Å². The van der Waals surface area contributed by atoms with Gasteiger partial charge in [-0.3, -0.25) is 14.9 Å². The summed E-state index contributed by atoms with van der Waals surface area (Å²) in [5.41, 5.74) is 1.50. The molecule has 2 heterocycles. The molecule has 2 aliphatic rings. The number of imide groups is 2. The molecule has 0 spiro atoms. The van der Waals surface area contributed by atoms with Crippen LogP contribution in [0.1, 0.15) is 5.56 Å². The van der Waals surface area contributed by atoms with Gasteiger partial charge in [-0.1, -0.05) is 18.2 Å². The van der Waals surface area contributed by atoms with E-state index >= 15 is 0 Å². The molecule has 8 heteroatoms. The number of urea groups is 1. The Morgan fingerprint density at radius 1 is 0.966 bits per heavy atom. The molecule has 0 bridgehead atoms. The quantitative estimate of drug-likeness (QED) is 0.638. The van der Waals surface area contributed by atoms with Crippen molar-refractivity contribution in [2.45, 2.75) is 0 Å². The Morgan fingerprint density at radius 2 is 1.69 bits per heavy atom. The number of hydrogen-bond acceptors (Lipinski definition) is 5. The van der Waals surface area contributed by atoms with Crippen LogP contribution in [0.5, 0.6) is 0 Å². The fourth-order valence-electron chi connectivity index (χ4n) is 3.28. The van der Waals surface area contributed by atoms with E-state index in [1.165, 1.54) is 24.3 Å². The van der Waals surface area contributed by atoms with Crippen molar-refractivity contribution in [2.75, 3.05) is 36.1 Å². The molecule has 0 unspecified atom stereocenters. The van der Waals surface area contributed by atoms with Crippen molar-refractivity contribution in [3.05, 3.63) is 65.5 Å². The normalized spacial score (nSPS) is 18.9. The highest BCUT2D eigenvalue weighted by atomic mass is 19.1. The van der Waals surface area contributed by atoms with Crippen molar-refractivity contribution in [3.8, 4) is 0 Å². The van der Waals surface area contributed by atoms with Gasteiger partial charge in [0, 0.05) is 18.8 Å². The monoisotopic (exact) mass is 395 g/mol. The maximum absolute atomic E-state index is 13.5. The maximum Gasteiger partial charge on any atom is 0.335 e. The third-order valence-corrected chi connectivity index (χ3v) is 4.75. The van der Waals surface area contributed by atoms with Crippen LogP contribution in [0, 0.1) is 5.82 Å². The van der Waals surface area contributed by atoms with Gasteiger partial charge < -0.3 is 9.64 Å². The number of ether oxygens (including phenoxy) is 1. The van der Waals surface area contributed by atoms with Gasteiger partial charge in [-0.15, -0.1) is 0 Å². The third kappa shape index (κ3) is 3.88. The van der Waals surface area contributed by atoms with Crippen LogP contribution in [-0.2, 0) is 14.3 Å². The lowest BCUT2D eigenvalue weighted by atomic mass is 10.1. The van der Waals surface area contributed by atoms with Gasteiger partial charge in [0.15, 0.2) is 0 Å². The standard InChI is InChI=1S/C21H18FN3O4/c22-15-2-1-3-17(13-15)25-20(27)18(19(26)23-21(25)28)12-14-4-6-16(7-5-14)24-8-10-29-11-9-24/h1-7,12-13H,8-11H2,(H,23,26,28)/b18-12+. The van der Waals surface area contributed by atoms with Crippen molar-refractivity contribution >= 4 is 35.3 Å². The number of hydrogen-bond donors (Lipinski definition) is 1. The SMILES string of the molecule is O=C1NC(=O)N(c2cccc(F)c2)C(=O)/C1=C/c1ccc(N2CCOCC2)cc1. The Balaban J connectivity index is 1.60. The molecule has 148 valence electrons. The highest BCUT2D eigenvalue weighted by molar-refractivity contribution is 6.39. The summed E-state index contributed by atoms with van der Waals surface area (Å²) in [5.74, 6) is -2.18. The Morgan fingerprint density at radius 3 is 2.38 bits per heavy atom. The van der Waals surface area contributed by atoms with Crippen LogP contribution >= 0.6 is 0 Å². The lowest BCUT2D eigenvalue weighted by Gasteiger charge is -2.29. The summed E-state index contributed by atoms with van der Waals surface area (Å²) < 4.78 is 18.9. The molecule has 2 aliphatic heterocycles. The molecule has 0 saturated carbocycles. The Bertz CT molecular complexity index is 997. The van der Waals surface area contributed by atoms with Gasteiger partial charge in [-0.2, -0.15) is 0 Å². The van der Waals surface area contributed by atoms with Gasteiger partial charge in [0.2, 0.25) is 0 Å². The number of benzene rings is 2. The number of morpholine rings is 1. The Kier molecular flexibility index (Phi) is 5.09. The summed E-state index contributed by atoms with van der Waals surface area (Å²) in [4.78, 5) is 40.1. The average Bonchev–Trinajstić information content (AvgIpc) is 2.72. The van der Waals surface area contributed by atoms with Crippen LogP contribution in [0.4, 0.5) is 20.6 Å². The van der Waals surface area contributed by atoms with E-state index in [4.69, 9.17) is 4.74 Å². The van der Waals surface area contributed by atoms with Gasteiger partial charge in [-0.25, -0.2) is 14.1 Å². The molecule has 0 aromatic heterocycles. The lowest BCUT2D eigenvalue weighted by molar-refractivity contribution is -0.122. The van der Waals surface area contributed by atoms with Crippen molar-refractivity contribution in [1.29, 1.82) is 0 Å². The molecule has 0 radical (unpaired) electrons. The van der Waals surface area contributed by atoms with E-state index in [9.17, 15) is 18.8 Å². The minimum atomic E-state index is -0.912. The number of nitrogens with zero attached hydrogens (tertiary/aromatic N) is 2. The zero-order valence-electron chi connectivity index (χ0n) is 15.4. The summed E-state index contributed by atoms with van der Waals surface area (Å²) in [5, 5.41) is 2.13. The van der Waals surface area contributed by atoms with E-state index < -0.39 is 23.7 Å². The fourth-order valence-corrected chi connectivity index (χ4v) is 3.28. The van der Waals surface area contributed by atoms with Crippen molar-refractivity contribution < 1.29 is 23.5 Å². The molecule has 2 aromatic rings. The molecular weight excluding hydrogens is 377 g/mol. The first-order valence-corrected chi connectivity index (χ1v) is 9.13. The minimum Gasteiger partial charge on any atom is -0.378 e. The fraction of sp³-hybridized carbons (Fsp3) is 0.190. The molecule has 2 aromatic carbocycles. The molecular formula is C21H18FN3O4. The second-order valence-corrected chi connectivity index (χ2v) is 6.63. The number of anilines is 2. The lowest BCUT2D eigenvalue weighted by Crippen LogP contribution is -2.54. The average molecular weight is 395 g/mol. The topological polar surface area (TPSA) is 79.0 Å². The van der Waals surface area contributed by atoms with Crippen LogP contribution < -0.4 is 15.1 Å². The van der Waals surface area contributed by atoms with Gasteiger partial charge >= 0.3 is 6.03 Å². The van der Waals surface area contributed by atoms with Gasteiger partial charge in [0.05, 0.1) is 18.9 Å². The predicted octanol–water partition coefficient (Wildman–Crippen LogP) is 2.33. The molecule has 0 aliphatic carbocycles. The Labute approximate surface area is 166 Å². The molecule has 7 nitrogen and oxygen atoms in total. The third-order valence-electron chi connectivity index (χ3n) is 4.75. The number of carbonyl (C=O) groups is 3. The first kappa shape index (κ1) is 18.8. The summed E-state index contributed by atoms with van der Waals surface area (Å²) >= 11 is 0. The predicted molar refractivity (Wildman–Crippen MR) is 105 cm³/mol. The first-order valence-electron chi connectivity index (χ1n) is 9.13. The first-order chi connectivity index (χ1) is 14.0. The molecule has 4 amide bonds. The zero-order valence-corrected chi connectivity index (χ0v) is 15.4. The molecule has 2 saturated heterocycles. The molecule has 0 atom stereocenters. The number of amides is 4. The van der Waals surface area contributed by atoms with E-state index in [-0.39, 0.29) is 11.3 Å². The van der Waals surface area contributed by atoms with Gasteiger partial charge in [-0.05, 0) is 42.0 Å². The number of rotatable bonds is 3. The minimum absolute atomic E-state index is 0.0496. The summed E-state index contributed by atoms with van der Waals surface area (Å²) in [6, 6.07) is 11.5. The van der Waals surface area contributed by atoms with E-state index in [1.54, 1.807) is 12.1 Å².